The smallest absolute Gasteiger partial charge is 0.349 e. The Morgan fingerprint density at radius 3 is 3.15 bits per heavy atom. The fraction of sp³-hybridized carbons (Fsp3) is 0.214. The molecule has 0 bridgehead atoms. The van der Waals surface area contributed by atoms with Crippen LogP contribution in [0.25, 0.3) is 0 Å². The zero-order valence-corrected chi connectivity index (χ0v) is 11.9. The van der Waals surface area contributed by atoms with Gasteiger partial charge in [-0.3, -0.25) is 0 Å². The summed E-state index contributed by atoms with van der Waals surface area (Å²) in [6.45, 7) is 0.309. The van der Waals surface area contributed by atoms with Gasteiger partial charge in [-0.25, -0.2) is 4.79 Å². The lowest BCUT2D eigenvalue weighted by Gasteiger charge is -2.11. The van der Waals surface area contributed by atoms with E-state index in [0.717, 1.165) is 22.6 Å². The molecule has 4 nitrogen and oxygen atoms in total. The number of halogens is 1. The summed E-state index contributed by atoms with van der Waals surface area (Å²) in [5.41, 5.74) is 1.05. The van der Waals surface area contributed by atoms with E-state index in [4.69, 9.17) is 26.2 Å². The topological polar surface area (TPSA) is 55.8 Å². The first-order chi connectivity index (χ1) is 9.63. The van der Waals surface area contributed by atoms with E-state index < -0.39 is 5.97 Å². The third-order valence-electron chi connectivity index (χ3n) is 3.01. The van der Waals surface area contributed by atoms with Gasteiger partial charge < -0.3 is 14.6 Å². The standard InChI is InChI=1S/C14H11ClO4S/c15-9-1-2-11-8(5-9)6-10(19-11)7-18-12-3-4-20-13(12)14(16)17/h1-5,10H,6-7H2,(H,16,17). The summed E-state index contributed by atoms with van der Waals surface area (Å²) in [7, 11) is 0. The number of hydrogen-bond acceptors (Lipinski definition) is 4. The van der Waals surface area contributed by atoms with Gasteiger partial charge in [-0.05, 0) is 35.2 Å². The summed E-state index contributed by atoms with van der Waals surface area (Å²) in [5.74, 6) is 0.226. The summed E-state index contributed by atoms with van der Waals surface area (Å²) >= 11 is 7.08. The maximum Gasteiger partial charge on any atom is 0.349 e. The molecular formula is C14H11ClO4S. The number of benzene rings is 1. The van der Waals surface area contributed by atoms with E-state index in [1.807, 2.05) is 12.1 Å². The predicted octanol–water partition coefficient (Wildman–Crippen LogP) is 3.48. The number of carboxylic acid groups (broad SMARTS) is 1. The fourth-order valence-corrected chi connectivity index (χ4v) is 3.00. The fourth-order valence-electron chi connectivity index (χ4n) is 2.13. The SMILES string of the molecule is O=C(O)c1sccc1OCC1Cc2cc(Cl)ccc2O1. The molecule has 1 aliphatic heterocycles. The molecule has 6 heteroatoms. The molecule has 2 heterocycles. The maximum absolute atomic E-state index is 11.0. The van der Waals surface area contributed by atoms with E-state index in [1.165, 1.54) is 0 Å². The molecule has 1 atom stereocenters. The second kappa shape index (κ2) is 5.34. The Morgan fingerprint density at radius 2 is 2.35 bits per heavy atom. The van der Waals surface area contributed by atoms with Crippen LogP contribution in [0.3, 0.4) is 0 Å². The van der Waals surface area contributed by atoms with Crippen LogP contribution in [0.15, 0.2) is 29.6 Å². The summed E-state index contributed by atoms with van der Waals surface area (Å²) in [6, 6.07) is 7.16. The van der Waals surface area contributed by atoms with E-state index >= 15 is 0 Å². The largest absolute Gasteiger partial charge is 0.488 e. The number of carbonyl (C=O) groups is 1. The molecule has 0 amide bonds. The normalized spacial score (nSPS) is 16.6. The molecule has 0 radical (unpaired) electrons. The first-order valence-electron chi connectivity index (χ1n) is 6.02. The van der Waals surface area contributed by atoms with Crippen LogP contribution in [0.5, 0.6) is 11.5 Å². The van der Waals surface area contributed by atoms with Crippen molar-refractivity contribution in [2.45, 2.75) is 12.5 Å². The van der Waals surface area contributed by atoms with Crippen molar-refractivity contribution in [1.29, 1.82) is 0 Å². The van der Waals surface area contributed by atoms with Crippen LogP contribution in [0.1, 0.15) is 15.2 Å². The van der Waals surface area contributed by atoms with E-state index in [9.17, 15) is 4.79 Å². The number of hydrogen-bond donors (Lipinski definition) is 1. The molecule has 0 fully saturated rings. The molecule has 0 aliphatic carbocycles. The Kier molecular flexibility index (Phi) is 3.54. The van der Waals surface area contributed by atoms with E-state index in [2.05, 4.69) is 0 Å². The van der Waals surface area contributed by atoms with Gasteiger partial charge in [0.25, 0.3) is 0 Å². The van der Waals surface area contributed by atoms with Crippen molar-refractivity contribution in [1.82, 2.24) is 0 Å². The molecule has 1 unspecified atom stereocenters. The second-order valence-corrected chi connectivity index (χ2v) is 5.78. The number of rotatable bonds is 4. The van der Waals surface area contributed by atoms with E-state index in [-0.39, 0.29) is 11.0 Å². The first kappa shape index (κ1) is 13.3. The minimum absolute atomic E-state index is 0.120. The molecule has 104 valence electrons. The molecule has 1 N–H and O–H groups in total. The van der Waals surface area contributed by atoms with Crippen molar-refractivity contribution in [3.05, 3.63) is 45.1 Å². The van der Waals surface area contributed by atoms with Crippen LogP contribution in [-0.4, -0.2) is 23.8 Å². The van der Waals surface area contributed by atoms with Gasteiger partial charge in [-0.15, -0.1) is 11.3 Å². The van der Waals surface area contributed by atoms with Gasteiger partial charge >= 0.3 is 5.97 Å². The number of thiophene rings is 1. The highest BCUT2D eigenvalue weighted by Crippen LogP contribution is 2.32. The summed E-state index contributed by atoms with van der Waals surface area (Å²) in [6.07, 6.45) is 0.590. The summed E-state index contributed by atoms with van der Waals surface area (Å²) < 4.78 is 11.3. The lowest BCUT2D eigenvalue weighted by atomic mass is 10.1. The Bertz CT molecular complexity index is 652. The highest BCUT2D eigenvalue weighted by atomic mass is 35.5. The van der Waals surface area contributed by atoms with Gasteiger partial charge in [-0.2, -0.15) is 0 Å². The van der Waals surface area contributed by atoms with Crippen molar-refractivity contribution in [3.63, 3.8) is 0 Å². The number of carboxylic acids is 1. The van der Waals surface area contributed by atoms with Gasteiger partial charge in [0, 0.05) is 11.4 Å². The van der Waals surface area contributed by atoms with E-state index in [1.54, 1.807) is 17.5 Å². The Labute approximate surface area is 124 Å². The maximum atomic E-state index is 11.0. The molecule has 20 heavy (non-hydrogen) atoms. The average Bonchev–Trinajstić information content (AvgIpc) is 3.01. The Balaban J connectivity index is 1.64. The van der Waals surface area contributed by atoms with Crippen LogP contribution in [0.4, 0.5) is 0 Å². The van der Waals surface area contributed by atoms with Gasteiger partial charge in [0.15, 0.2) is 4.88 Å². The lowest BCUT2D eigenvalue weighted by Crippen LogP contribution is -2.22. The highest BCUT2D eigenvalue weighted by molar-refractivity contribution is 7.12. The number of aromatic carboxylic acids is 1. The third-order valence-corrected chi connectivity index (χ3v) is 4.13. The Hall–Kier alpha value is -1.72. The monoisotopic (exact) mass is 310 g/mol. The first-order valence-corrected chi connectivity index (χ1v) is 7.28. The van der Waals surface area contributed by atoms with Crippen molar-refractivity contribution >= 4 is 28.9 Å². The van der Waals surface area contributed by atoms with Gasteiger partial charge in [0.2, 0.25) is 0 Å². The van der Waals surface area contributed by atoms with Crippen molar-refractivity contribution in [3.8, 4) is 11.5 Å². The Morgan fingerprint density at radius 1 is 1.50 bits per heavy atom. The minimum atomic E-state index is -0.975. The van der Waals surface area contributed by atoms with Crippen molar-refractivity contribution in [2.24, 2.45) is 0 Å². The molecule has 2 aromatic rings. The molecule has 1 aromatic carbocycles. The summed E-state index contributed by atoms with van der Waals surface area (Å²) in [5, 5.41) is 11.4. The molecule has 1 aromatic heterocycles. The van der Waals surface area contributed by atoms with Crippen LogP contribution in [0, 0.1) is 0 Å². The molecule has 1 aliphatic rings. The average molecular weight is 311 g/mol. The van der Waals surface area contributed by atoms with Gasteiger partial charge in [0.05, 0.1) is 0 Å². The predicted molar refractivity (Wildman–Crippen MR) is 76.3 cm³/mol. The van der Waals surface area contributed by atoms with Crippen LogP contribution in [-0.2, 0) is 6.42 Å². The zero-order chi connectivity index (χ0) is 14.1. The van der Waals surface area contributed by atoms with Crippen molar-refractivity contribution < 1.29 is 19.4 Å². The molecule has 3 rings (SSSR count). The van der Waals surface area contributed by atoms with Crippen LogP contribution >= 0.6 is 22.9 Å². The van der Waals surface area contributed by atoms with Gasteiger partial charge in [0.1, 0.15) is 24.2 Å². The second-order valence-electron chi connectivity index (χ2n) is 4.43. The number of fused-ring (bicyclic) bond motifs is 1. The van der Waals surface area contributed by atoms with Crippen LogP contribution in [0.2, 0.25) is 5.02 Å². The van der Waals surface area contributed by atoms with Crippen LogP contribution < -0.4 is 9.47 Å². The highest BCUT2D eigenvalue weighted by Gasteiger charge is 2.24. The van der Waals surface area contributed by atoms with Crippen molar-refractivity contribution in [2.75, 3.05) is 6.61 Å². The molecule has 0 saturated heterocycles. The molecular weight excluding hydrogens is 300 g/mol. The molecule has 0 saturated carbocycles. The quantitative estimate of drug-likeness (QED) is 0.939. The minimum Gasteiger partial charge on any atom is -0.488 e. The third kappa shape index (κ3) is 2.59. The number of ether oxygens (including phenoxy) is 2. The molecule has 0 spiro atoms. The van der Waals surface area contributed by atoms with E-state index in [0.29, 0.717) is 23.8 Å². The zero-order valence-electron chi connectivity index (χ0n) is 10.3. The van der Waals surface area contributed by atoms with Gasteiger partial charge in [-0.1, -0.05) is 11.6 Å². The lowest BCUT2D eigenvalue weighted by molar-refractivity contribution is 0.0694. The summed E-state index contributed by atoms with van der Waals surface area (Å²) in [4.78, 5) is 11.2.